The number of hydrogen-bond acceptors (Lipinski definition) is 2. The van der Waals surface area contributed by atoms with Crippen molar-refractivity contribution in [3.63, 3.8) is 0 Å². The van der Waals surface area contributed by atoms with Crippen molar-refractivity contribution in [3.05, 3.63) is 40.7 Å². The number of rotatable bonds is 2. The van der Waals surface area contributed by atoms with E-state index in [1.54, 1.807) is 0 Å². The summed E-state index contributed by atoms with van der Waals surface area (Å²) in [5, 5.41) is 11.0. The van der Waals surface area contributed by atoms with E-state index in [0.29, 0.717) is 6.04 Å². The molecule has 1 aliphatic rings. The first kappa shape index (κ1) is 12.4. The van der Waals surface area contributed by atoms with Crippen LogP contribution in [-0.2, 0) is 0 Å². The number of aryl methyl sites for hydroxylation is 3. The molecule has 0 aliphatic carbocycles. The van der Waals surface area contributed by atoms with E-state index in [-0.39, 0.29) is 0 Å². The predicted octanol–water partition coefficient (Wildman–Crippen LogP) is 3.43. The Labute approximate surface area is 114 Å². The topological polar surface area (TPSA) is 40.7 Å². The van der Waals surface area contributed by atoms with Gasteiger partial charge in [-0.25, -0.2) is 0 Å². The summed E-state index contributed by atoms with van der Waals surface area (Å²) < 4.78 is 0. The molecule has 0 spiro atoms. The van der Waals surface area contributed by atoms with Crippen molar-refractivity contribution in [2.45, 2.75) is 39.7 Å². The van der Waals surface area contributed by atoms with Crippen LogP contribution in [0.2, 0.25) is 0 Å². The van der Waals surface area contributed by atoms with Crippen LogP contribution in [0.5, 0.6) is 0 Å². The summed E-state index contributed by atoms with van der Waals surface area (Å²) >= 11 is 0. The summed E-state index contributed by atoms with van der Waals surface area (Å²) in [5.74, 6) is 0. The first-order valence-electron chi connectivity index (χ1n) is 7.01. The molecular weight excluding hydrogens is 234 g/mol. The van der Waals surface area contributed by atoms with Crippen molar-refractivity contribution in [1.29, 1.82) is 0 Å². The van der Waals surface area contributed by atoms with Gasteiger partial charge in [0.2, 0.25) is 0 Å². The van der Waals surface area contributed by atoms with Gasteiger partial charge in [-0.2, -0.15) is 5.10 Å². The van der Waals surface area contributed by atoms with Gasteiger partial charge in [-0.3, -0.25) is 5.10 Å². The molecule has 3 nitrogen and oxygen atoms in total. The predicted molar refractivity (Wildman–Crippen MR) is 78.2 cm³/mol. The van der Waals surface area contributed by atoms with Gasteiger partial charge in [0.1, 0.15) is 0 Å². The molecular formula is C16H21N3. The molecule has 0 saturated carbocycles. The van der Waals surface area contributed by atoms with Crippen molar-refractivity contribution < 1.29 is 0 Å². The lowest BCUT2D eigenvalue weighted by Crippen LogP contribution is -2.14. The van der Waals surface area contributed by atoms with Crippen LogP contribution in [-0.4, -0.2) is 16.7 Å². The zero-order valence-corrected chi connectivity index (χ0v) is 11.9. The van der Waals surface area contributed by atoms with Gasteiger partial charge in [0, 0.05) is 11.6 Å². The minimum absolute atomic E-state index is 0.429. The number of nitrogens with zero attached hydrogens (tertiary/aromatic N) is 1. The maximum Gasteiger partial charge on any atom is 0.0600 e. The quantitative estimate of drug-likeness (QED) is 0.863. The highest BCUT2D eigenvalue weighted by Gasteiger charge is 2.22. The van der Waals surface area contributed by atoms with Crippen molar-refractivity contribution in [3.8, 4) is 11.1 Å². The van der Waals surface area contributed by atoms with E-state index in [1.165, 1.54) is 46.4 Å². The number of aromatic nitrogens is 2. The van der Waals surface area contributed by atoms with Gasteiger partial charge in [0.15, 0.2) is 0 Å². The number of benzene rings is 1. The molecule has 2 N–H and O–H groups in total. The van der Waals surface area contributed by atoms with Crippen LogP contribution in [0.1, 0.15) is 41.3 Å². The summed E-state index contributed by atoms with van der Waals surface area (Å²) in [5.41, 5.74) is 7.81. The Hall–Kier alpha value is -1.61. The molecule has 0 amide bonds. The van der Waals surface area contributed by atoms with E-state index < -0.39 is 0 Å². The third-order valence-electron chi connectivity index (χ3n) is 4.21. The Morgan fingerprint density at radius 1 is 1.05 bits per heavy atom. The molecule has 2 aromatic rings. The lowest BCUT2D eigenvalue weighted by molar-refractivity contribution is 0.626. The molecule has 2 heterocycles. The molecule has 100 valence electrons. The largest absolute Gasteiger partial charge is 0.309 e. The number of H-pyrrole nitrogens is 1. The first-order chi connectivity index (χ1) is 9.16. The second-order valence-corrected chi connectivity index (χ2v) is 5.60. The maximum absolute atomic E-state index is 4.27. The van der Waals surface area contributed by atoms with Crippen LogP contribution in [0, 0.1) is 20.8 Å². The monoisotopic (exact) mass is 255 g/mol. The summed E-state index contributed by atoms with van der Waals surface area (Å²) in [6, 6.07) is 4.98. The average molecular weight is 255 g/mol. The fourth-order valence-electron chi connectivity index (χ4n) is 2.96. The fourth-order valence-corrected chi connectivity index (χ4v) is 2.96. The summed E-state index contributed by atoms with van der Waals surface area (Å²) in [4.78, 5) is 0. The molecule has 3 heteroatoms. The maximum atomic E-state index is 4.27. The zero-order chi connectivity index (χ0) is 13.4. The summed E-state index contributed by atoms with van der Waals surface area (Å²) in [6.07, 6.45) is 4.40. The number of aromatic amines is 1. The van der Waals surface area contributed by atoms with E-state index in [4.69, 9.17) is 0 Å². The highest BCUT2D eigenvalue weighted by molar-refractivity contribution is 5.70. The van der Waals surface area contributed by atoms with Crippen LogP contribution in [0.4, 0.5) is 0 Å². The van der Waals surface area contributed by atoms with Gasteiger partial charge in [-0.1, -0.05) is 12.1 Å². The molecule has 19 heavy (non-hydrogen) atoms. The highest BCUT2D eigenvalue weighted by atomic mass is 15.1. The Morgan fingerprint density at radius 2 is 1.84 bits per heavy atom. The molecule has 1 saturated heterocycles. The SMILES string of the molecule is Cc1cc(C)c(-c2cn[nH]c2C2CCCN2)cc1C. The van der Waals surface area contributed by atoms with E-state index >= 15 is 0 Å². The second kappa shape index (κ2) is 4.82. The van der Waals surface area contributed by atoms with E-state index in [2.05, 4.69) is 48.4 Å². The molecule has 1 aliphatic heterocycles. The molecule has 3 rings (SSSR count). The zero-order valence-electron chi connectivity index (χ0n) is 11.9. The third kappa shape index (κ3) is 2.19. The van der Waals surface area contributed by atoms with Crippen LogP contribution in [0.15, 0.2) is 18.3 Å². The van der Waals surface area contributed by atoms with Crippen molar-refractivity contribution >= 4 is 0 Å². The number of nitrogens with one attached hydrogen (secondary N) is 2. The van der Waals surface area contributed by atoms with E-state index in [9.17, 15) is 0 Å². The van der Waals surface area contributed by atoms with Crippen LogP contribution < -0.4 is 5.32 Å². The van der Waals surface area contributed by atoms with Gasteiger partial charge >= 0.3 is 0 Å². The van der Waals surface area contributed by atoms with Crippen molar-refractivity contribution in [2.75, 3.05) is 6.54 Å². The third-order valence-corrected chi connectivity index (χ3v) is 4.21. The standard InChI is InChI=1S/C16H21N3/c1-10-7-12(3)13(8-11(10)2)14-9-18-19-16(14)15-5-4-6-17-15/h7-9,15,17H,4-6H2,1-3H3,(H,18,19). The summed E-state index contributed by atoms with van der Waals surface area (Å²) in [7, 11) is 0. The molecule has 0 radical (unpaired) electrons. The van der Waals surface area contributed by atoms with Crippen LogP contribution >= 0.6 is 0 Å². The van der Waals surface area contributed by atoms with Crippen molar-refractivity contribution in [2.24, 2.45) is 0 Å². The first-order valence-corrected chi connectivity index (χ1v) is 7.01. The Kier molecular flexibility index (Phi) is 3.15. The fraction of sp³-hybridized carbons (Fsp3) is 0.438. The molecule has 1 aromatic carbocycles. The minimum atomic E-state index is 0.429. The molecule has 1 fully saturated rings. The lowest BCUT2D eigenvalue weighted by Gasteiger charge is -2.14. The molecule has 1 unspecified atom stereocenters. The van der Waals surface area contributed by atoms with E-state index in [0.717, 1.165) is 6.54 Å². The van der Waals surface area contributed by atoms with E-state index in [1.807, 2.05) is 6.20 Å². The smallest absolute Gasteiger partial charge is 0.0600 e. The van der Waals surface area contributed by atoms with Crippen molar-refractivity contribution in [1.82, 2.24) is 15.5 Å². The Morgan fingerprint density at radius 3 is 2.58 bits per heavy atom. The normalized spacial score (nSPS) is 19.0. The highest BCUT2D eigenvalue weighted by Crippen LogP contribution is 2.33. The molecule has 1 aromatic heterocycles. The van der Waals surface area contributed by atoms with Gasteiger partial charge in [-0.05, 0) is 62.4 Å². The van der Waals surface area contributed by atoms with Crippen LogP contribution in [0.25, 0.3) is 11.1 Å². The minimum Gasteiger partial charge on any atom is -0.309 e. The van der Waals surface area contributed by atoms with Crippen LogP contribution in [0.3, 0.4) is 0 Å². The lowest BCUT2D eigenvalue weighted by atomic mass is 9.94. The van der Waals surface area contributed by atoms with Gasteiger partial charge in [0.05, 0.1) is 11.9 Å². The van der Waals surface area contributed by atoms with Gasteiger partial charge in [-0.15, -0.1) is 0 Å². The second-order valence-electron chi connectivity index (χ2n) is 5.60. The summed E-state index contributed by atoms with van der Waals surface area (Å²) in [6.45, 7) is 7.63. The number of hydrogen-bond donors (Lipinski definition) is 2. The molecule has 0 bridgehead atoms. The Balaban J connectivity index is 2.07. The van der Waals surface area contributed by atoms with Gasteiger partial charge < -0.3 is 5.32 Å². The average Bonchev–Trinajstić information content (AvgIpc) is 3.03. The molecule has 1 atom stereocenters. The van der Waals surface area contributed by atoms with Gasteiger partial charge in [0.25, 0.3) is 0 Å². The Bertz CT molecular complexity index is 592.